The lowest BCUT2D eigenvalue weighted by Crippen LogP contribution is -2.17. The molecule has 108 valence electrons. The van der Waals surface area contributed by atoms with E-state index >= 15 is 0 Å². The third-order valence-corrected chi connectivity index (χ3v) is 3.22. The zero-order valence-corrected chi connectivity index (χ0v) is 11.8. The van der Waals surface area contributed by atoms with Crippen LogP contribution >= 0.6 is 0 Å². The maximum absolute atomic E-state index is 11.9. The molecule has 3 rings (SSSR count). The summed E-state index contributed by atoms with van der Waals surface area (Å²) in [5, 5.41) is 10.9. The largest absolute Gasteiger partial charge is 0.361 e. The second-order valence-electron chi connectivity index (χ2n) is 4.75. The Balaban J connectivity index is 1.71. The minimum atomic E-state index is -0.225. The van der Waals surface area contributed by atoms with Gasteiger partial charge in [0.05, 0.1) is 24.1 Å². The molecule has 0 saturated carbocycles. The molecule has 0 saturated heterocycles. The molecule has 0 aliphatic rings. The van der Waals surface area contributed by atoms with Crippen LogP contribution in [0.1, 0.15) is 17.0 Å². The van der Waals surface area contributed by atoms with Crippen molar-refractivity contribution >= 4 is 11.7 Å². The van der Waals surface area contributed by atoms with Crippen LogP contribution in [0.4, 0.5) is 10.5 Å². The lowest BCUT2D eigenvalue weighted by molar-refractivity contribution is 0.253. The van der Waals surface area contributed by atoms with Crippen LogP contribution in [-0.2, 0) is 6.54 Å². The van der Waals surface area contributed by atoms with Crippen molar-refractivity contribution in [2.45, 2.75) is 20.4 Å². The Bertz CT molecular complexity index is 735. The van der Waals surface area contributed by atoms with Crippen molar-refractivity contribution in [1.29, 1.82) is 0 Å². The van der Waals surface area contributed by atoms with Crippen LogP contribution in [0.25, 0.3) is 0 Å². The highest BCUT2D eigenvalue weighted by molar-refractivity contribution is 5.90. The van der Waals surface area contributed by atoms with Crippen LogP contribution in [0.2, 0.25) is 0 Å². The van der Waals surface area contributed by atoms with Gasteiger partial charge in [-0.25, -0.2) is 4.79 Å². The van der Waals surface area contributed by atoms with Crippen LogP contribution in [0.3, 0.4) is 0 Å². The molecule has 0 aliphatic heterocycles. The fourth-order valence-electron chi connectivity index (χ4n) is 2.06. The molecule has 0 spiro atoms. The predicted molar refractivity (Wildman–Crippen MR) is 76.2 cm³/mol. The van der Waals surface area contributed by atoms with E-state index < -0.39 is 0 Å². The number of nitrogens with one attached hydrogen (secondary N) is 1. The summed E-state index contributed by atoms with van der Waals surface area (Å²) < 4.78 is 8.32. The Labute approximate surface area is 121 Å². The molecule has 0 aromatic carbocycles. The monoisotopic (exact) mass is 285 g/mol. The quantitative estimate of drug-likeness (QED) is 0.801. The highest BCUT2D eigenvalue weighted by Gasteiger charge is 2.11. The number of anilines is 1. The molecule has 7 nitrogen and oxygen atoms in total. The van der Waals surface area contributed by atoms with Crippen LogP contribution in [0, 0.1) is 13.8 Å². The number of hydrogen-bond donors (Lipinski definition) is 1. The first-order valence-electron chi connectivity index (χ1n) is 6.52. The van der Waals surface area contributed by atoms with Gasteiger partial charge in [-0.1, -0.05) is 5.16 Å². The van der Waals surface area contributed by atoms with Gasteiger partial charge in [-0.2, -0.15) is 5.10 Å². The second kappa shape index (κ2) is 5.28. The summed E-state index contributed by atoms with van der Waals surface area (Å²) >= 11 is 0. The molecule has 0 radical (unpaired) electrons. The third-order valence-electron chi connectivity index (χ3n) is 3.22. The standard InChI is InChI=1S/C14H15N5O2/c1-10-13(11(2)21-17-10)9-19-8-12(7-15-19)16-14(20)18-5-3-4-6-18/h3-8H,9H2,1-2H3,(H,16,20). The van der Waals surface area contributed by atoms with E-state index in [0.717, 1.165) is 17.0 Å². The molecule has 21 heavy (non-hydrogen) atoms. The fourth-order valence-corrected chi connectivity index (χ4v) is 2.06. The van der Waals surface area contributed by atoms with Gasteiger partial charge in [0.2, 0.25) is 0 Å². The highest BCUT2D eigenvalue weighted by Crippen LogP contribution is 2.15. The number of rotatable bonds is 3. The first-order chi connectivity index (χ1) is 10.1. The van der Waals surface area contributed by atoms with Crippen molar-refractivity contribution in [2.75, 3.05) is 5.32 Å². The minimum absolute atomic E-state index is 0.225. The van der Waals surface area contributed by atoms with Gasteiger partial charge in [0.15, 0.2) is 0 Å². The number of carbonyl (C=O) groups excluding carboxylic acids is 1. The van der Waals surface area contributed by atoms with Crippen LogP contribution < -0.4 is 5.32 Å². The van der Waals surface area contributed by atoms with Gasteiger partial charge in [-0.3, -0.25) is 9.25 Å². The molecular weight excluding hydrogens is 270 g/mol. The molecule has 1 N–H and O–H groups in total. The van der Waals surface area contributed by atoms with E-state index in [1.54, 1.807) is 41.6 Å². The van der Waals surface area contributed by atoms with E-state index in [4.69, 9.17) is 4.52 Å². The van der Waals surface area contributed by atoms with Gasteiger partial charge in [-0.05, 0) is 26.0 Å². The summed E-state index contributed by atoms with van der Waals surface area (Å²) in [7, 11) is 0. The summed E-state index contributed by atoms with van der Waals surface area (Å²) in [6.45, 7) is 4.32. The van der Waals surface area contributed by atoms with Crippen molar-refractivity contribution in [2.24, 2.45) is 0 Å². The molecular formula is C14H15N5O2. The SMILES string of the molecule is Cc1noc(C)c1Cn1cc(NC(=O)n2cccc2)cn1. The fraction of sp³-hybridized carbons (Fsp3) is 0.214. The summed E-state index contributed by atoms with van der Waals surface area (Å²) in [5.41, 5.74) is 2.49. The minimum Gasteiger partial charge on any atom is -0.361 e. The highest BCUT2D eigenvalue weighted by atomic mass is 16.5. The molecule has 3 aromatic heterocycles. The number of amides is 1. The van der Waals surface area contributed by atoms with Gasteiger partial charge < -0.3 is 9.84 Å². The number of aryl methyl sites for hydroxylation is 2. The van der Waals surface area contributed by atoms with E-state index in [0.29, 0.717) is 12.2 Å². The lowest BCUT2D eigenvalue weighted by atomic mass is 10.2. The maximum atomic E-state index is 11.9. The molecule has 0 aliphatic carbocycles. The molecule has 0 bridgehead atoms. The van der Waals surface area contributed by atoms with E-state index in [-0.39, 0.29) is 6.03 Å². The number of hydrogen-bond acceptors (Lipinski definition) is 4. The van der Waals surface area contributed by atoms with Crippen molar-refractivity contribution < 1.29 is 9.32 Å². The number of nitrogens with zero attached hydrogens (tertiary/aromatic N) is 4. The molecule has 7 heteroatoms. The van der Waals surface area contributed by atoms with Gasteiger partial charge >= 0.3 is 6.03 Å². The van der Waals surface area contributed by atoms with Crippen LogP contribution in [0.5, 0.6) is 0 Å². The van der Waals surface area contributed by atoms with E-state index in [1.165, 1.54) is 4.57 Å². The molecule has 0 unspecified atom stereocenters. The third kappa shape index (κ3) is 2.71. The zero-order valence-electron chi connectivity index (χ0n) is 11.8. The first-order valence-corrected chi connectivity index (χ1v) is 6.52. The van der Waals surface area contributed by atoms with Gasteiger partial charge in [-0.15, -0.1) is 0 Å². The Morgan fingerprint density at radius 3 is 2.76 bits per heavy atom. The van der Waals surface area contributed by atoms with Crippen LogP contribution in [0.15, 0.2) is 41.4 Å². The smallest absolute Gasteiger partial charge is 0.330 e. The zero-order chi connectivity index (χ0) is 14.8. The van der Waals surface area contributed by atoms with Crippen molar-refractivity contribution in [3.8, 4) is 0 Å². The predicted octanol–water partition coefficient (Wildman–Crippen LogP) is 2.42. The summed E-state index contributed by atoms with van der Waals surface area (Å²) in [6.07, 6.45) is 6.75. The number of carbonyl (C=O) groups is 1. The molecule has 0 atom stereocenters. The molecule has 3 heterocycles. The van der Waals surface area contributed by atoms with Crippen molar-refractivity contribution in [3.63, 3.8) is 0 Å². The maximum Gasteiger partial charge on any atom is 0.330 e. The Kier molecular flexibility index (Phi) is 3.31. The summed E-state index contributed by atoms with van der Waals surface area (Å²) in [6, 6.07) is 3.36. The molecule has 3 aromatic rings. The molecule has 0 fully saturated rings. The average Bonchev–Trinajstić information content (AvgIpc) is 3.17. The lowest BCUT2D eigenvalue weighted by Gasteiger charge is -2.02. The van der Waals surface area contributed by atoms with Crippen molar-refractivity contribution in [3.05, 3.63) is 53.9 Å². The first kappa shape index (κ1) is 13.2. The van der Waals surface area contributed by atoms with Crippen molar-refractivity contribution in [1.82, 2.24) is 19.5 Å². The van der Waals surface area contributed by atoms with E-state index in [1.807, 2.05) is 13.8 Å². The Morgan fingerprint density at radius 2 is 2.10 bits per heavy atom. The summed E-state index contributed by atoms with van der Waals surface area (Å²) in [4.78, 5) is 11.9. The Morgan fingerprint density at radius 1 is 1.33 bits per heavy atom. The van der Waals surface area contributed by atoms with E-state index in [9.17, 15) is 4.79 Å². The Hall–Kier alpha value is -2.83. The average molecular weight is 285 g/mol. The normalized spacial score (nSPS) is 10.8. The van der Waals surface area contributed by atoms with Gasteiger partial charge in [0.1, 0.15) is 5.76 Å². The van der Waals surface area contributed by atoms with Crippen LogP contribution in [-0.4, -0.2) is 25.5 Å². The van der Waals surface area contributed by atoms with E-state index in [2.05, 4.69) is 15.6 Å². The number of aromatic nitrogens is 4. The van der Waals surface area contributed by atoms with Gasteiger partial charge in [0.25, 0.3) is 0 Å². The van der Waals surface area contributed by atoms with Gasteiger partial charge in [0, 0.05) is 24.2 Å². The summed E-state index contributed by atoms with van der Waals surface area (Å²) in [5.74, 6) is 0.779. The second-order valence-corrected chi connectivity index (χ2v) is 4.75. The topological polar surface area (TPSA) is 77.9 Å². The molecule has 1 amide bonds.